The average molecular weight is 376 g/mol. The molecule has 27 heavy (non-hydrogen) atoms. The van der Waals surface area contributed by atoms with Gasteiger partial charge in [0, 0.05) is 10.6 Å². The van der Waals surface area contributed by atoms with Crippen molar-refractivity contribution >= 4 is 28.4 Å². The zero-order valence-electron chi connectivity index (χ0n) is 14.1. The van der Waals surface area contributed by atoms with Crippen molar-refractivity contribution in [2.45, 2.75) is 0 Å². The van der Waals surface area contributed by atoms with Gasteiger partial charge in [-0.1, -0.05) is 54.1 Å². The van der Waals surface area contributed by atoms with Crippen LogP contribution in [0.4, 0.5) is 0 Å². The third-order valence-corrected chi connectivity index (χ3v) is 4.25. The van der Waals surface area contributed by atoms with E-state index in [9.17, 15) is 4.79 Å². The van der Waals surface area contributed by atoms with Crippen molar-refractivity contribution in [3.63, 3.8) is 0 Å². The number of carbonyl (C=O) groups is 1. The van der Waals surface area contributed by atoms with Gasteiger partial charge in [0.15, 0.2) is 5.82 Å². The molecule has 2 N–H and O–H groups in total. The lowest BCUT2D eigenvalue weighted by atomic mass is 10.2. The molecule has 0 unspecified atom stereocenters. The molecule has 0 aliphatic rings. The topological polar surface area (TPSA) is 78.1 Å². The first-order valence-electron chi connectivity index (χ1n) is 8.21. The van der Waals surface area contributed by atoms with Crippen LogP contribution in [0, 0.1) is 0 Å². The maximum absolute atomic E-state index is 11.7. The molecule has 6 heteroatoms. The smallest absolute Gasteiger partial charge is 0.252 e. The number of nitrogens with zero attached hydrogens (tertiary/aromatic N) is 2. The van der Waals surface area contributed by atoms with Crippen LogP contribution in [0.2, 0.25) is 5.02 Å². The normalized spacial score (nSPS) is 10.7. The zero-order chi connectivity index (χ0) is 18.8. The fourth-order valence-corrected chi connectivity index (χ4v) is 2.90. The second-order valence-corrected chi connectivity index (χ2v) is 6.28. The van der Waals surface area contributed by atoms with Gasteiger partial charge in [-0.25, -0.2) is 4.98 Å². The summed E-state index contributed by atoms with van der Waals surface area (Å²) >= 11 is 6.15. The molecule has 5 nitrogen and oxygen atoms in total. The number of benzene rings is 3. The highest BCUT2D eigenvalue weighted by Crippen LogP contribution is 2.33. The number of halogens is 1. The zero-order valence-corrected chi connectivity index (χ0v) is 14.9. The van der Waals surface area contributed by atoms with Crippen molar-refractivity contribution in [1.29, 1.82) is 0 Å². The van der Waals surface area contributed by atoms with E-state index in [0.717, 1.165) is 5.56 Å². The molecule has 0 radical (unpaired) electrons. The number of para-hydroxylation sites is 1. The third kappa shape index (κ3) is 3.45. The summed E-state index contributed by atoms with van der Waals surface area (Å²) in [6.45, 7) is 0. The first kappa shape index (κ1) is 17.0. The molecule has 4 rings (SSSR count). The Morgan fingerprint density at radius 3 is 2.44 bits per heavy atom. The quantitative estimate of drug-likeness (QED) is 0.553. The Balaban J connectivity index is 1.91. The molecule has 1 amide bonds. The number of fused-ring (bicyclic) bond motifs is 1. The monoisotopic (exact) mass is 375 g/mol. The number of hydrogen-bond donors (Lipinski definition) is 1. The summed E-state index contributed by atoms with van der Waals surface area (Å²) in [5, 5.41) is 1.17. The maximum atomic E-state index is 11.7. The Kier molecular flexibility index (Phi) is 4.44. The van der Waals surface area contributed by atoms with Crippen molar-refractivity contribution < 1.29 is 9.53 Å². The van der Waals surface area contributed by atoms with Crippen LogP contribution in [0.3, 0.4) is 0 Å². The molecule has 0 aliphatic heterocycles. The van der Waals surface area contributed by atoms with Crippen LogP contribution >= 0.6 is 11.6 Å². The number of rotatable bonds is 4. The highest BCUT2D eigenvalue weighted by Gasteiger charge is 2.15. The molecule has 0 saturated carbocycles. The fraction of sp³-hybridized carbons (Fsp3) is 0. The Morgan fingerprint density at radius 1 is 0.926 bits per heavy atom. The van der Waals surface area contributed by atoms with Gasteiger partial charge in [0.1, 0.15) is 5.75 Å². The lowest BCUT2D eigenvalue weighted by Crippen LogP contribution is -2.12. The van der Waals surface area contributed by atoms with E-state index in [1.165, 1.54) is 0 Å². The minimum absolute atomic E-state index is 0.271. The summed E-state index contributed by atoms with van der Waals surface area (Å²) in [4.78, 5) is 20.9. The fourth-order valence-electron chi connectivity index (χ4n) is 2.73. The van der Waals surface area contributed by atoms with Crippen LogP contribution in [0.1, 0.15) is 10.4 Å². The second kappa shape index (κ2) is 7.05. The summed E-state index contributed by atoms with van der Waals surface area (Å²) < 4.78 is 5.99. The van der Waals surface area contributed by atoms with Gasteiger partial charge in [-0.05, 0) is 30.3 Å². The number of ether oxygens (including phenoxy) is 1. The van der Waals surface area contributed by atoms with Crippen molar-refractivity contribution in [2.75, 3.05) is 0 Å². The second-order valence-electron chi connectivity index (χ2n) is 5.84. The number of primary amides is 1. The summed E-state index contributed by atoms with van der Waals surface area (Å²) in [5.41, 5.74) is 7.25. The van der Waals surface area contributed by atoms with Crippen molar-refractivity contribution in [1.82, 2.24) is 9.97 Å². The van der Waals surface area contributed by atoms with E-state index >= 15 is 0 Å². The van der Waals surface area contributed by atoms with Gasteiger partial charge in [-0.3, -0.25) is 4.79 Å². The number of aromatic nitrogens is 2. The molecule has 0 fully saturated rings. The van der Waals surface area contributed by atoms with Gasteiger partial charge in [0.05, 0.1) is 16.5 Å². The molecule has 0 atom stereocenters. The molecule has 0 saturated heterocycles. The minimum Gasteiger partial charge on any atom is -0.437 e. The summed E-state index contributed by atoms with van der Waals surface area (Å²) in [5.74, 6) is 0.557. The van der Waals surface area contributed by atoms with Crippen LogP contribution in [0.25, 0.3) is 22.3 Å². The molecular formula is C21H14ClN3O2. The summed E-state index contributed by atoms with van der Waals surface area (Å²) in [6.07, 6.45) is 0. The Morgan fingerprint density at radius 2 is 1.67 bits per heavy atom. The Bertz CT molecular complexity index is 1150. The molecule has 0 aliphatic carbocycles. The van der Waals surface area contributed by atoms with E-state index in [1.54, 1.807) is 42.5 Å². The number of carbonyl (C=O) groups excluding carboxylic acids is 1. The number of nitrogens with two attached hydrogens (primary N) is 1. The van der Waals surface area contributed by atoms with Gasteiger partial charge in [0.2, 0.25) is 5.88 Å². The highest BCUT2D eigenvalue weighted by molar-refractivity contribution is 6.31. The number of hydrogen-bond acceptors (Lipinski definition) is 4. The van der Waals surface area contributed by atoms with Crippen molar-refractivity contribution in [3.8, 4) is 23.0 Å². The third-order valence-electron chi connectivity index (χ3n) is 4.01. The minimum atomic E-state index is -0.578. The number of amides is 1. The van der Waals surface area contributed by atoms with E-state index in [1.807, 2.05) is 30.3 Å². The summed E-state index contributed by atoms with van der Waals surface area (Å²) in [7, 11) is 0. The largest absolute Gasteiger partial charge is 0.437 e. The lowest BCUT2D eigenvalue weighted by molar-refractivity contribution is 0.0998. The SMILES string of the molecule is NC(=O)c1ccccc1Oc1nc(-c2ccccc2)nc2ccc(Cl)cc12. The predicted molar refractivity (Wildman–Crippen MR) is 105 cm³/mol. The van der Waals surface area contributed by atoms with Crippen LogP contribution in [0.15, 0.2) is 72.8 Å². The van der Waals surface area contributed by atoms with Crippen LogP contribution in [0.5, 0.6) is 11.6 Å². The molecule has 4 aromatic rings. The standard InChI is InChI=1S/C21H14ClN3O2/c22-14-10-11-17-16(12-14)21(25-20(24-17)13-6-2-1-3-7-13)27-18-9-5-4-8-15(18)19(23)26/h1-12H,(H2,23,26). The van der Waals surface area contributed by atoms with Gasteiger partial charge < -0.3 is 10.5 Å². The molecular weight excluding hydrogens is 362 g/mol. The van der Waals surface area contributed by atoms with E-state index in [4.69, 9.17) is 22.1 Å². The Labute approximate surface area is 160 Å². The predicted octanol–water partition coefficient (Wildman–Crippen LogP) is 4.84. The molecule has 1 aromatic heterocycles. The van der Waals surface area contributed by atoms with Crippen molar-refractivity contribution in [2.24, 2.45) is 5.73 Å². The average Bonchev–Trinajstić information content (AvgIpc) is 2.69. The van der Waals surface area contributed by atoms with E-state index < -0.39 is 5.91 Å². The molecule has 3 aromatic carbocycles. The van der Waals surface area contributed by atoms with E-state index in [-0.39, 0.29) is 5.56 Å². The van der Waals surface area contributed by atoms with Crippen LogP contribution in [-0.2, 0) is 0 Å². The van der Waals surface area contributed by atoms with E-state index in [2.05, 4.69) is 9.97 Å². The molecule has 0 spiro atoms. The van der Waals surface area contributed by atoms with Gasteiger partial charge in [-0.15, -0.1) is 0 Å². The first-order chi connectivity index (χ1) is 13.1. The first-order valence-corrected chi connectivity index (χ1v) is 8.59. The van der Waals surface area contributed by atoms with Gasteiger partial charge in [0.25, 0.3) is 5.91 Å². The van der Waals surface area contributed by atoms with Gasteiger partial charge in [-0.2, -0.15) is 4.98 Å². The van der Waals surface area contributed by atoms with Crippen LogP contribution in [-0.4, -0.2) is 15.9 Å². The Hall–Kier alpha value is -3.44. The maximum Gasteiger partial charge on any atom is 0.252 e. The highest BCUT2D eigenvalue weighted by atomic mass is 35.5. The molecule has 132 valence electrons. The van der Waals surface area contributed by atoms with Crippen molar-refractivity contribution in [3.05, 3.63) is 83.4 Å². The van der Waals surface area contributed by atoms with E-state index in [0.29, 0.717) is 33.4 Å². The molecule has 1 heterocycles. The van der Waals surface area contributed by atoms with Gasteiger partial charge >= 0.3 is 0 Å². The lowest BCUT2D eigenvalue weighted by Gasteiger charge is -2.12. The molecule has 0 bridgehead atoms. The summed E-state index contributed by atoms with van der Waals surface area (Å²) in [6, 6.07) is 21.6. The van der Waals surface area contributed by atoms with Crippen LogP contribution < -0.4 is 10.5 Å².